The highest BCUT2D eigenvalue weighted by Gasteiger charge is 2.30. The number of amides is 1. The number of nitrogens with zero attached hydrogens (tertiary/aromatic N) is 3. The van der Waals surface area contributed by atoms with E-state index < -0.39 is 5.82 Å². The summed E-state index contributed by atoms with van der Waals surface area (Å²) in [4.78, 5) is 23.7. The molecular weight excluding hydrogens is 421 g/mol. The predicted octanol–water partition coefficient (Wildman–Crippen LogP) is 2.84. The fraction of sp³-hybridized carbons (Fsp3) is 0.409. The van der Waals surface area contributed by atoms with Crippen molar-refractivity contribution in [1.29, 1.82) is 0 Å². The summed E-state index contributed by atoms with van der Waals surface area (Å²) < 4.78 is 19.7. The van der Waals surface area contributed by atoms with E-state index in [-0.39, 0.29) is 30.8 Å². The van der Waals surface area contributed by atoms with Gasteiger partial charge in [-0.2, -0.15) is 0 Å². The Morgan fingerprint density at radius 2 is 2.06 bits per heavy atom. The molecule has 3 heterocycles. The molecule has 9 heteroatoms. The van der Waals surface area contributed by atoms with Gasteiger partial charge in [0.2, 0.25) is 0 Å². The third kappa shape index (κ3) is 4.50. The number of aromatic nitrogens is 2. The van der Waals surface area contributed by atoms with Crippen LogP contribution in [0.5, 0.6) is 5.75 Å². The molecule has 1 aromatic heterocycles. The fourth-order valence-corrected chi connectivity index (χ4v) is 3.98. The first-order chi connectivity index (χ1) is 14.8. The first kappa shape index (κ1) is 21.5. The first-order valence-corrected chi connectivity index (χ1v) is 10.6. The second-order valence-corrected chi connectivity index (χ2v) is 8.32. The lowest BCUT2D eigenvalue weighted by Gasteiger charge is -2.20. The number of aryl methyl sites for hydroxylation is 2. The van der Waals surface area contributed by atoms with Crippen molar-refractivity contribution in [2.45, 2.75) is 32.7 Å². The van der Waals surface area contributed by atoms with Crippen molar-refractivity contribution < 1.29 is 13.9 Å². The lowest BCUT2D eigenvalue weighted by Crippen LogP contribution is -2.32. The largest absolute Gasteiger partial charge is 0.491 e. The van der Waals surface area contributed by atoms with E-state index in [4.69, 9.17) is 22.1 Å². The van der Waals surface area contributed by atoms with Crippen LogP contribution < -0.4 is 15.8 Å². The van der Waals surface area contributed by atoms with E-state index in [1.165, 1.54) is 18.2 Å². The zero-order valence-electron chi connectivity index (χ0n) is 17.5. The Morgan fingerprint density at radius 3 is 2.74 bits per heavy atom. The van der Waals surface area contributed by atoms with Crippen LogP contribution in [0.4, 0.5) is 4.39 Å². The maximum absolute atomic E-state index is 13.9. The Balaban J connectivity index is 1.53. The smallest absolute Gasteiger partial charge is 0.258 e. The second-order valence-electron chi connectivity index (χ2n) is 7.94. The molecule has 7 nitrogen and oxygen atoms in total. The minimum atomic E-state index is -0.453. The Labute approximate surface area is 185 Å². The van der Waals surface area contributed by atoms with Gasteiger partial charge < -0.3 is 20.7 Å². The summed E-state index contributed by atoms with van der Waals surface area (Å²) in [5.41, 5.74) is 9.06. The van der Waals surface area contributed by atoms with E-state index in [1.807, 2.05) is 0 Å². The maximum Gasteiger partial charge on any atom is 0.258 e. The molecule has 0 saturated carbocycles. The van der Waals surface area contributed by atoms with Gasteiger partial charge in [0.15, 0.2) is 5.82 Å². The van der Waals surface area contributed by atoms with Crippen molar-refractivity contribution in [3.8, 4) is 5.75 Å². The summed E-state index contributed by atoms with van der Waals surface area (Å²) in [5, 5.41) is 3.84. The van der Waals surface area contributed by atoms with Crippen LogP contribution in [-0.2, 0) is 0 Å². The number of hydrogen-bond acceptors (Lipinski definition) is 6. The zero-order valence-corrected chi connectivity index (χ0v) is 18.3. The number of nitrogens with two attached hydrogens (primary N) is 1. The van der Waals surface area contributed by atoms with E-state index in [0.29, 0.717) is 45.7 Å². The number of hydrogen-bond donors (Lipinski definition) is 2. The highest BCUT2D eigenvalue weighted by Crippen LogP contribution is 2.29. The molecular formula is C22H25ClFN5O2. The van der Waals surface area contributed by atoms with Crippen molar-refractivity contribution in [2.75, 3.05) is 26.2 Å². The molecule has 0 radical (unpaired) electrons. The number of carbonyl (C=O) groups is 1. The minimum Gasteiger partial charge on any atom is -0.491 e. The van der Waals surface area contributed by atoms with Crippen molar-refractivity contribution in [3.05, 3.63) is 57.5 Å². The molecule has 1 saturated heterocycles. The Hall–Kier alpha value is -2.71. The molecule has 2 aromatic rings. The van der Waals surface area contributed by atoms with Gasteiger partial charge in [-0.15, -0.1) is 0 Å². The number of nitrogens with one attached hydrogen (secondary N) is 1. The van der Waals surface area contributed by atoms with E-state index in [1.54, 1.807) is 18.7 Å². The van der Waals surface area contributed by atoms with Crippen LogP contribution in [0.1, 0.15) is 40.4 Å². The third-order valence-electron chi connectivity index (χ3n) is 5.61. The summed E-state index contributed by atoms with van der Waals surface area (Å²) in [5.74, 6) is -0.0313. The van der Waals surface area contributed by atoms with Crippen molar-refractivity contribution in [1.82, 2.24) is 20.2 Å². The lowest BCUT2D eigenvalue weighted by atomic mass is 10.1. The number of benzene rings is 1. The van der Waals surface area contributed by atoms with Crippen LogP contribution in [0.25, 0.3) is 5.57 Å². The molecule has 164 valence electrons. The summed E-state index contributed by atoms with van der Waals surface area (Å²) >= 11 is 6.17. The van der Waals surface area contributed by atoms with Crippen molar-refractivity contribution in [2.24, 2.45) is 5.73 Å². The van der Waals surface area contributed by atoms with E-state index in [2.05, 4.69) is 15.3 Å². The lowest BCUT2D eigenvalue weighted by molar-refractivity contribution is 0.0794. The highest BCUT2D eigenvalue weighted by atomic mass is 35.5. The summed E-state index contributed by atoms with van der Waals surface area (Å²) in [7, 11) is 0. The third-order valence-corrected chi connectivity index (χ3v) is 6.16. The van der Waals surface area contributed by atoms with Crippen LogP contribution in [-0.4, -0.2) is 53.1 Å². The van der Waals surface area contributed by atoms with Crippen molar-refractivity contribution >= 4 is 23.1 Å². The van der Waals surface area contributed by atoms with E-state index in [9.17, 15) is 9.18 Å². The first-order valence-electron chi connectivity index (χ1n) is 10.3. The van der Waals surface area contributed by atoms with Gasteiger partial charge in [-0.1, -0.05) is 11.6 Å². The van der Waals surface area contributed by atoms with Crippen LogP contribution >= 0.6 is 11.6 Å². The molecule has 2 aliphatic heterocycles. The molecule has 1 atom stereocenters. The Kier molecular flexibility index (Phi) is 6.11. The zero-order chi connectivity index (χ0) is 22.1. The average Bonchev–Trinajstić information content (AvgIpc) is 3.39. The van der Waals surface area contributed by atoms with Gasteiger partial charge in [-0.25, -0.2) is 14.4 Å². The van der Waals surface area contributed by atoms with Crippen molar-refractivity contribution in [3.63, 3.8) is 0 Å². The second kappa shape index (κ2) is 8.80. The normalized spacial score (nSPS) is 18.7. The van der Waals surface area contributed by atoms with Crippen LogP contribution in [0.3, 0.4) is 0 Å². The molecule has 1 amide bonds. The monoisotopic (exact) mass is 445 g/mol. The molecule has 0 bridgehead atoms. The standard InChI is InChI=1S/C22H25ClFN5O2/c1-12-20(23)13(2)28-21(27-12)17-9-29(10-18(17)25)22(30)16-6-5-14(24)8-19(16)31-11-15-4-3-7-26-15/h5-6,8,15,26H,3-4,7,9-11,25H2,1-2H3. The van der Waals surface area contributed by atoms with Crippen LogP contribution in [0.2, 0.25) is 5.02 Å². The Morgan fingerprint density at radius 1 is 1.32 bits per heavy atom. The molecule has 0 spiro atoms. The number of ether oxygens (including phenoxy) is 1. The maximum atomic E-state index is 13.9. The summed E-state index contributed by atoms with van der Waals surface area (Å²) in [6.45, 7) is 5.42. The van der Waals surface area contributed by atoms with E-state index >= 15 is 0 Å². The van der Waals surface area contributed by atoms with E-state index in [0.717, 1.165) is 19.4 Å². The predicted molar refractivity (Wildman–Crippen MR) is 116 cm³/mol. The van der Waals surface area contributed by atoms with Gasteiger partial charge >= 0.3 is 0 Å². The molecule has 1 fully saturated rings. The van der Waals surface area contributed by atoms with Crippen LogP contribution in [0.15, 0.2) is 23.9 Å². The van der Waals surface area contributed by atoms with Gasteiger partial charge in [0.25, 0.3) is 5.91 Å². The topological polar surface area (TPSA) is 93.4 Å². The number of carbonyl (C=O) groups excluding carboxylic acids is 1. The average molecular weight is 446 g/mol. The fourth-order valence-electron chi connectivity index (χ4n) is 3.90. The molecule has 3 N–H and O–H groups in total. The summed E-state index contributed by atoms with van der Waals surface area (Å²) in [6.07, 6.45) is 2.07. The minimum absolute atomic E-state index is 0.204. The molecule has 31 heavy (non-hydrogen) atoms. The molecule has 1 aromatic carbocycles. The quantitative estimate of drug-likeness (QED) is 0.735. The van der Waals surface area contributed by atoms with Gasteiger partial charge in [0.1, 0.15) is 18.2 Å². The Bertz CT molecular complexity index is 1030. The van der Waals surface area contributed by atoms with Crippen LogP contribution in [0, 0.1) is 19.7 Å². The number of rotatable bonds is 5. The molecule has 4 rings (SSSR count). The SMILES string of the molecule is Cc1nc(C2=C(N)CN(C(=O)c3ccc(F)cc3OCC3CCCN3)C2)nc(C)c1Cl. The highest BCUT2D eigenvalue weighted by molar-refractivity contribution is 6.31. The summed E-state index contributed by atoms with van der Waals surface area (Å²) in [6, 6.07) is 4.17. The molecule has 1 unspecified atom stereocenters. The van der Waals surface area contributed by atoms with Gasteiger partial charge in [-0.05, 0) is 45.4 Å². The van der Waals surface area contributed by atoms with Gasteiger partial charge in [0.05, 0.1) is 35.1 Å². The number of halogens is 2. The van der Waals surface area contributed by atoms with Gasteiger partial charge in [0, 0.05) is 23.4 Å². The van der Waals surface area contributed by atoms with Gasteiger partial charge in [-0.3, -0.25) is 4.79 Å². The molecule has 0 aliphatic carbocycles. The molecule has 2 aliphatic rings.